The Labute approximate surface area is 650 Å². The minimum absolute atomic E-state index is 0.00372. The molecule has 5 atom stereocenters. The molecule has 2 saturated carbocycles. The van der Waals surface area contributed by atoms with Crippen molar-refractivity contribution in [2.75, 3.05) is 26.4 Å². The summed E-state index contributed by atoms with van der Waals surface area (Å²) in [5.41, 5.74) is 5.16. The van der Waals surface area contributed by atoms with Crippen LogP contribution in [0.5, 0.6) is 28.7 Å². The zero-order valence-electron chi connectivity index (χ0n) is 70.4. The molecule has 2 aliphatic carbocycles. The molecule has 0 spiro atoms. The van der Waals surface area contributed by atoms with Crippen molar-refractivity contribution in [2.45, 2.75) is 427 Å². The summed E-state index contributed by atoms with van der Waals surface area (Å²) in [7, 11) is 0. The Morgan fingerprint density at radius 2 is 0.811 bits per heavy atom. The first kappa shape index (κ1) is 88.7. The SMILES string of the molecule is CCCCCCCCCCCCCCCCCCOc1cc(COC(=O)c2cc(C(C)(C)C)cc3c2Oc2c(cc(C(C)(C)C)cc2C(=O)CC2CC4C5C(=O)NCCC5C2C4(C)C)C3)cc(OCCCCCCCCCCCCCCCCCC)c1OCCCCCCCCCCCCCCCCCC. The molecule has 106 heavy (non-hydrogen) atoms. The van der Waals surface area contributed by atoms with E-state index in [0.717, 1.165) is 79.2 Å². The molecule has 9 heteroatoms. The van der Waals surface area contributed by atoms with Gasteiger partial charge < -0.3 is 29.0 Å². The third-order valence-corrected chi connectivity index (χ3v) is 25.1. The lowest BCUT2D eigenvalue weighted by Crippen LogP contribution is -2.46. The zero-order valence-corrected chi connectivity index (χ0v) is 70.4. The highest BCUT2D eigenvalue weighted by molar-refractivity contribution is 6.00. The molecule has 3 aromatic rings. The van der Waals surface area contributed by atoms with Crippen LogP contribution in [-0.2, 0) is 33.4 Å². The number of nitrogens with one attached hydrogen (secondary N) is 1. The van der Waals surface area contributed by atoms with Gasteiger partial charge in [-0.2, -0.15) is 0 Å². The van der Waals surface area contributed by atoms with Gasteiger partial charge >= 0.3 is 5.97 Å². The maximum absolute atomic E-state index is 15.3. The van der Waals surface area contributed by atoms with Crippen molar-refractivity contribution >= 4 is 17.7 Å². The summed E-state index contributed by atoms with van der Waals surface area (Å²) < 4.78 is 34.2. The predicted octanol–water partition coefficient (Wildman–Crippen LogP) is 28.9. The Kier molecular flexibility index (Phi) is 41.0. The molecule has 600 valence electrons. The fourth-order valence-corrected chi connectivity index (χ4v) is 18.6. The summed E-state index contributed by atoms with van der Waals surface area (Å²) in [5, 5.41) is 3.17. The third-order valence-electron chi connectivity index (χ3n) is 25.1. The van der Waals surface area contributed by atoms with E-state index in [-0.39, 0.29) is 52.3 Å². The molecule has 2 aliphatic heterocycles. The van der Waals surface area contributed by atoms with Gasteiger partial charge in [0.2, 0.25) is 11.7 Å². The maximum atomic E-state index is 15.3. The lowest BCUT2D eigenvalue weighted by molar-refractivity contribution is -0.131. The van der Waals surface area contributed by atoms with Gasteiger partial charge in [0, 0.05) is 36.4 Å². The quantitative estimate of drug-likeness (QED) is 0.0264. The van der Waals surface area contributed by atoms with E-state index in [1.54, 1.807) is 0 Å². The number of ether oxygens (including phenoxy) is 5. The minimum Gasteiger partial charge on any atom is -0.490 e. The number of carbonyl (C=O) groups is 3. The van der Waals surface area contributed by atoms with E-state index < -0.39 is 5.97 Å². The van der Waals surface area contributed by atoms with Gasteiger partial charge in [-0.1, -0.05) is 377 Å². The van der Waals surface area contributed by atoms with E-state index in [9.17, 15) is 4.79 Å². The number of hydrogen-bond donors (Lipinski definition) is 1. The van der Waals surface area contributed by atoms with E-state index in [2.05, 4.69) is 99.7 Å². The molecule has 5 unspecified atom stereocenters. The molecule has 3 fully saturated rings. The van der Waals surface area contributed by atoms with Crippen molar-refractivity contribution in [2.24, 2.45) is 35.0 Å². The van der Waals surface area contributed by atoms with Gasteiger partial charge in [-0.15, -0.1) is 0 Å². The predicted molar refractivity (Wildman–Crippen MR) is 446 cm³/mol. The first-order chi connectivity index (χ1) is 51.4. The van der Waals surface area contributed by atoms with E-state index in [4.69, 9.17) is 23.7 Å². The van der Waals surface area contributed by atoms with Crippen molar-refractivity contribution in [3.05, 3.63) is 75.3 Å². The Bertz CT molecular complexity index is 2900. The normalized spacial score (nSPS) is 18.0. The number of esters is 1. The highest BCUT2D eigenvalue weighted by Gasteiger charge is 2.65. The molecular formula is C97H159NO8. The van der Waals surface area contributed by atoms with E-state index in [1.165, 1.54) is 270 Å². The van der Waals surface area contributed by atoms with Crippen LogP contribution < -0.4 is 24.3 Å². The number of amides is 1. The van der Waals surface area contributed by atoms with Crippen molar-refractivity contribution in [3.8, 4) is 28.7 Å². The van der Waals surface area contributed by atoms with E-state index >= 15 is 9.59 Å². The second-order valence-corrected chi connectivity index (χ2v) is 36.6. The minimum atomic E-state index is -0.477. The smallest absolute Gasteiger partial charge is 0.342 e. The average molecular weight is 1470 g/mol. The number of benzene rings is 3. The largest absolute Gasteiger partial charge is 0.490 e. The van der Waals surface area contributed by atoms with Gasteiger partial charge in [-0.05, 0) is 113 Å². The Morgan fingerprint density at radius 3 is 1.19 bits per heavy atom. The highest BCUT2D eigenvalue weighted by atomic mass is 16.5. The second-order valence-electron chi connectivity index (χ2n) is 36.6. The van der Waals surface area contributed by atoms with E-state index in [1.807, 2.05) is 18.2 Å². The van der Waals surface area contributed by atoms with Crippen LogP contribution in [0.25, 0.3) is 0 Å². The lowest BCUT2D eigenvalue weighted by Gasteiger charge is -2.38. The number of rotatable bonds is 60. The van der Waals surface area contributed by atoms with Crippen LogP contribution in [-0.4, -0.2) is 44.0 Å². The molecular weight excluding hydrogens is 1310 g/mol. The number of ketones is 1. The summed E-state index contributed by atoms with van der Waals surface area (Å²) in [6.07, 6.45) is 66.0. The monoisotopic (exact) mass is 1470 g/mol. The summed E-state index contributed by atoms with van der Waals surface area (Å²) >= 11 is 0. The van der Waals surface area contributed by atoms with Gasteiger partial charge in [0.25, 0.3) is 0 Å². The molecule has 1 saturated heterocycles. The number of piperidine rings is 1. The number of hydrogen-bond acceptors (Lipinski definition) is 8. The van der Waals surface area contributed by atoms with Crippen LogP contribution in [0.15, 0.2) is 36.4 Å². The first-order valence-corrected chi connectivity index (χ1v) is 45.4. The molecule has 9 nitrogen and oxygen atoms in total. The van der Waals surface area contributed by atoms with Gasteiger partial charge in [-0.3, -0.25) is 9.59 Å². The standard InChI is InChI=1S/C97H159NO8/c1-12-15-18-21-24-27-30-33-36-39-42-45-48-51-54-57-62-102-86-65-75(66-87(103-63-58-55-52-49-46-43-40-37-34-31-28-25-22-19-16-13-2)92(86)104-64-59-56-53-50-47-44-41-38-35-32-29-26-23-20-17-14-3)74-105-94(101)83-73-80(96(7,8)9)69-78-67-77-68-79(95(4,5)6)72-82(90(77)106-91(78)83)85(99)71-76-70-84-88-81(60-61-98-93(88)100)89(76)97(84,10)11/h65-66,68-69,72-73,76,81,84,88-89H,12-64,67,70-71,74H2,1-11H3,(H,98,100). The van der Waals surface area contributed by atoms with E-state index in [0.29, 0.717) is 90.9 Å². The molecule has 2 heterocycles. The third kappa shape index (κ3) is 29.9. The fourth-order valence-electron chi connectivity index (χ4n) is 18.6. The molecule has 2 bridgehead atoms. The van der Waals surface area contributed by atoms with Crippen LogP contribution in [0, 0.1) is 35.0 Å². The van der Waals surface area contributed by atoms with Crippen molar-refractivity contribution in [1.82, 2.24) is 5.32 Å². The lowest BCUT2D eigenvalue weighted by atomic mass is 9.68. The van der Waals surface area contributed by atoms with Gasteiger partial charge in [0.15, 0.2) is 17.3 Å². The first-order valence-electron chi connectivity index (χ1n) is 45.4. The molecule has 1 N–H and O–H groups in total. The summed E-state index contributed by atoms with van der Waals surface area (Å²) in [4.78, 5) is 43.8. The second kappa shape index (κ2) is 49.0. The number of unbranched alkanes of at least 4 members (excludes halogenated alkanes) is 45. The van der Waals surface area contributed by atoms with Crippen LogP contribution in [0.2, 0.25) is 0 Å². The summed E-state index contributed by atoms with van der Waals surface area (Å²) in [5.74, 6) is 3.86. The van der Waals surface area contributed by atoms with Crippen LogP contribution in [0.3, 0.4) is 0 Å². The van der Waals surface area contributed by atoms with Crippen LogP contribution in [0.1, 0.15) is 452 Å². The number of Topliss-reactive ketones (excluding diaryl/α,β-unsaturated/α-hetero) is 1. The van der Waals surface area contributed by atoms with Crippen molar-refractivity contribution in [3.63, 3.8) is 0 Å². The zero-order chi connectivity index (χ0) is 75.8. The average Bonchev–Trinajstić information content (AvgIpc) is 1.48. The van der Waals surface area contributed by atoms with Crippen LogP contribution >= 0.6 is 0 Å². The Morgan fingerprint density at radius 1 is 0.462 bits per heavy atom. The molecule has 4 aliphatic rings. The molecule has 0 aromatic heterocycles. The number of fused-ring (bicyclic) bond motifs is 7. The number of carbonyl (C=O) groups excluding carboxylic acids is 3. The highest BCUT2D eigenvalue weighted by Crippen LogP contribution is 2.67. The molecule has 0 radical (unpaired) electrons. The summed E-state index contributed by atoms with van der Waals surface area (Å²) in [6, 6.07) is 12.5. The van der Waals surface area contributed by atoms with Crippen LogP contribution in [0.4, 0.5) is 0 Å². The molecule has 1 amide bonds. The van der Waals surface area contributed by atoms with Gasteiger partial charge in [-0.25, -0.2) is 4.79 Å². The molecule has 7 rings (SSSR count). The molecule has 3 aromatic carbocycles. The topological polar surface area (TPSA) is 109 Å². The Balaban J connectivity index is 1.04. The van der Waals surface area contributed by atoms with Gasteiger partial charge in [0.05, 0.1) is 25.4 Å². The Hall–Kier alpha value is -4.53. The fraction of sp³-hybridized carbons (Fsp3) is 0.784. The van der Waals surface area contributed by atoms with Crippen molar-refractivity contribution < 1.29 is 38.1 Å². The summed E-state index contributed by atoms with van der Waals surface area (Å²) in [6.45, 7) is 27.2. The van der Waals surface area contributed by atoms with Gasteiger partial charge in [0.1, 0.15) is 23.7 Å². The maximum Gasteiger partial charge on any atom is 0.342 e. The van der Waals surface area contributed by atoms with Crippen molar-refractivity contribution in [1.29, 1.82) is 0 Å².